The number of nitro groups is 1. The number of carbonyl (C=O) groups excluding carboxylic acids is 1. The lowest BCUT2D eigenvalue weighted by Crippen LogP contribution is -2.14. The van der Waals surface area contributed by atoms with Crippen molar-refractivity contribution in [3.63, 3.8) is 0 Å². The molecule has 1 aromatic heterocycles. The molecule has 2 aromatic rings. The number of nitro benzene ring substituents is 1. The average molecular weight is 260 g/mol. The van der Waals surface area contributed by atoms with E-state index in [2.05, 4.69) is 15.5 Å². The number of benzene rings is 1. The SMILES string of the molecule is Cc1ccc([N+](=O)[O-])c(C(=O)Nc2cc(C)[nH]n2)c1. The molecule has 0 aliphatic rings. The number of rotatable bonds is 3. The topological polar surface area (TPSA) is 101 Å². The second-order valence-corrected chi connectivity index (χ2v) is 4.17. The van der Waals surface area contributed by atoms with Crippen molar-refractivity contribution in [2.75, 3.05) is 5.32 Å². The lowest BCUT2D eigenvalue weighted by Gasteiger charge is -2.04. The predicted molar refractivity (Wildman–Crippen MR) is 69.1 cm³/mol. The van der Waals surface area contributed by atoms with E-state index in [1.165, 1.54) is 12.1 Å². The molecule has 2 N–H and O–H groups in total. The number of anilines is 1. The number of carbonyl (C=O) groups is 1. The van der Waals surface area contributed by atoms with Gasteiger partial charge in [0.25, 0.3) is 11.6 Å². The molecule has 0 aliphatic heterocycles. The van der Waals surface area contributed by atoms with Gasteiger partial charge in [0.2, 0.25) is 0 Å². The van der Waals surface area contributed by atoms with Crippen LogP contribution in [0.2, 0.25) is 0 Å². The van der Waals surface area contributed by atoms with E-state index in [1.54, 1.807) is 26.0 Å². The summed E-state index contributed by atoms with van der Waals surface area (Å²) < 4.78 is 0. The van der Waals surface area contributed by atoms with Crippen molar-refractivity contribution in [2.45, 2.75) is 13.8 Å². The Morgan fingerprint density at radius 1 is 1.37 bits per heavy atom. The molecule has 0 spiro atoms. The maximum atomic E-state index is 12.0. The standard InChI is InChI=1S/C12H12N4O3/c1-7-3-4-10(16(18)19)9(5-7)12(17)13-11-6-8(2)14-15-11/h3-6H,1-2H3,(H2,13,14,15,17). The van der Waals surface area contributed by atoms with Crippen LogP contribution in [0, 0.1) is 24.0 Å². The van der Waals surface area contributed by atoms with E-state index in [4.69, 9.17) is 0 Å². The quantitative estimate of drug-likeness (QED) is 0.652. The molecule has 7 heteroatoms. The maximum absolute atomic E-state index is 12.0. The Morgan fingerprint density at radius 2 is 2.11 bits per heavy atom. The van der Waals surface area contributed by atoms with Gasteiger partial charge in [-0.2, -0.15) is 5.10 Å². The molecule has 1 heterocycles. The minimum atomic E-state index is -0.579. The molecule has 0 radical (unpaired) electrons. The minimum Gasteiger partial charge on any atom is -0.305 e. The summed E-state index contributed by atoms with van der Waals surface area (Å²) in [5.74, 6) is -0.222. The third kappa shape index (κ3) is 2.76. The second kappa shape index (κ2) is 4.89. The summed E-state index contributed by atoms with van der Waals surface area (Å²) in [7, 11) is 0. The van der Waals surface area contributed by atoms with Crippen molar-refractivity contribution in [1.29, 1.82) is 0 Å². The van der Waals surface area contributed by atoms with Gasteiger partial charge in [-0.3, -0.25) is 20.0 Å². The Morgan fingerprint density at radius 3 is 2.68 bits per heavy atom. The van der Waals surface area contributed by atoms with Crippen LogP contribution in [-0.2, 0) is 0 Å². The monoisotopic (exact) mass is 260 g/mol. The molecule has 0 saturated heterocycles. The lowest BCUT2D eigenvalue weighted by molar-refractivity contribution is -0.385. The van der Waals surface area contributed by atoms with Crippen LogP contribution in [0.5, 0.6) is 0 Å². The Hall–Kier alpha value is -2.70. The van der Waals surface area contributed by atoms with Gasteiger partial charge in [0, 0.05) is 17.8 Å². The van der Waals surface area contributed by atoms with Crippen LogP contribution < -0.4 is 5.32 Å². The van der Waals surface area contributed by atoms with Gasteiger partial charge in [-0.25, -0.2) is 0 Å². The van der Waals surface area contributed by atoms with Crippen molar-refractivity contribution in [3.8, 4) is 0 Å². The summed E-state index contributed by atoms with van der Waals surface area (Å²) in [6.07, 6.45) is 0. The lowest BCUT2D eigenvalue weighted by atomic mass is 10.1. The van der Waals surface area contributed by atoms with Crippen molar-refractivity contribution in [3.05, 3.63) is 51.2 Å². The van der Waals surface area contributed by atoms with Gasteiger partial charge < -0.3 is 5.32 Å². The van der Waals surface area contributed by atoms with E-state index in [0.29, 0.717) is 5.82 Å². The fourth-order valence-corrected chi connectivity index (χ4v) is 1.66. The molecule has 1 aromatic carbocycles. The van der Waals surface area contributed by atoms with Crippen LogP contribution >= 0.6 is 0 Å². The molecule has 7 nitrogen and oxygen atoms in total. The molecule has 0 unspecified atom stereocenters. The number of aromatic amines is 1. The van der Waals surface area contributed by atoms with Crippen LogP contribution in [0.15, 0.2) is 24.3 Å². The minimum absolute atomic E-state index is 0.0191. The van der Waals surface area contributed by atoms with Gasteiger partial charge in [0.15, 0.2) is 5.82 Å². The third-order valence-corrected chi connectivity index (χ3v) is 2.54. The number of amides is 1. The van der Waals surface area contributed by atoms with E-state index < -0.39 is 10.8 Å². The summed E-state index contributed by atoms with van der Waals surface area (Å²) in [4.78, 5) is 22.3. The Kier molecular flexibility index (Phi) is 3.28. The highest BCUT2D eigenvalue weighted by Gasteiger charge is 2.20. The molecule has 1 amide bonds. The first-order valence-electron chi connectivity index (χ1n) is 5.56. The first-order valence-corrected chi connectivity index (χ1v) is 5.56. The zero-order valence-corrected chi connectivity index (χ0v) is 10.4. The largest absolute Gasteiger partial charge is 0.305 e. The fraction of sp³-hybridized carbons (Fsp3) is 0.167. The number of aromatic nitrogens is 2. The molecular weight excluding hydrogens is 248 g/mol. The smallest absolute Gasteiger partial charge is 0.282 e. The summed E-state index contributed by atoms with van der Waals surface area (Å²) in [6, 6.07) is 6.03. The van der Waals surface area contributed by atoms with E-state index in [-0.39, 0.29) is 11.3 Å². The van der Waals surface area contributed by atoms with Gasteiger partial charge in [-0.05, 0) is 25.5 Å². The van der Waals surface area contributed by atoms with E-state index in [0.717, 1.165) is 11.3 Å². The molecule has 2 rings (SSSR count). The molecule has 0 fully saturated rings. The highest BCUT2D eigenvalue weighted by Crippen LogP contribution is 2.21. The van der Waals surface area contributed by atoms with Crippen LogP contribution in [-0.4, -0.2) is 21.0 Å². The number of nitrogens with one attached hydrogen (secondary N) is 2. The zero-order valence-electron chi connectivity index (χ0n) is 10.4. The molecular formula is C12H12N4O3. The highest BCUT2D eigenvalue weighted by atomic mass is 16.6. The van der Waals surface area contributed by atoms with Gasteiger partial charge in [0.05, 0.1) is 4.92 Å². The maximum Gasteiger partial charge on any atom is 0.282 e. The normalized spacial score (nSPS) is 10.2. The summed E-state index contributed by atoms with van der Waals surface area (Å²) in [6.45, 7) is 3.55. The fourth-order valence-electron chi connectivity index (χ4n) is 1.66. The molecule has 98 valence electrons. The molecule has 0 saturated carbocycles. The summed E-state index contributed by atoms with van der Waals surface area (Å²) in [5.41, 5.74) is 1.35. The molecule has 0 atom stereocenters. The number of hydrogen-bond acceptors (Lipinski definition) is 4. The molecule has 0 bridgehead atoms. The number of H-pyrrole nitrogens is 1. The van der Waals surface area contributed by atoms with Crippen LogP contribution in [0.1, 0.15) is 21.6 Å². The Bertz CT molecular complexity index is 648. The first-order chi connectivity index (χ1) is 8.97. The first kappa shape index (κ1) is 12.7. The van der Waals surface area contributed by atoms with Gasteiger partial charge >= 0.3 is 0 Å². The average Bonchev–Trinajstić information content (AvgIpc) is 2.74. The molecule has 19 heavy (non-hydrogen) atoms. The third-order valence-electron chi connectivity index (χ3n) is 2.54. The van der Waals surface area contributed by atoms with Gasteiger partial charge in [0.1, 0.15) is 5.56 Å². The summed E-state index contributed by atoms with van der Waals surface area (Å²) in [5, 5.41) is 19.9. The van der Waals surface area contributed by atoms with Crippen LogP contribution in [0.4, 0.5) is 11.5 Å². The van der Waals surface area contributed by atoms with Crippen molar-refractivity contribution >= 4 is 17.4 Å². The van der Waals surface area contributed by atoms with Crippen molar-refractivity contribution < 1.29 is 9.72 Å². The highest BCUT2D eigenvalue weighted by molar-refractivity contribution is 6.06. The van der Waals surface area contributed by atoms with Gasteiger partial charge in [-0.15, -0.1) is 0 Å². The van der Waals surface area contributed by atoms with Crippen LogP contribution in [0.3, 0.4) is 0 Å². The van der Waals surface area contributed by atoms with Crippen molar-refractivity contribution in [2.24, 2.45) is 0 Å². The van der Waals surface area contributed by atoms with Gasteiger partial charge in [-0.1, -0.05) is 6.07 Å². The van der Waals surface area contributed by atoms with E-state index in [9.17, 15) is 14.9 Å². The molecule has 0 aliphatic carbocycles. The zero-order chi connectivity index (χ0) is 14.0. The Balaban J connectivity index is 2.32. The number of hydrogen-bond donors (Lipinski definition) is 2. The van der Waals surface area contributed by atoms with Crippen molar-refractivity contribution in [1.82, 2.24) is 10.2 Å². The van der Waals surface area contributed by atoms with Crippen LogP contribution in [0.25, 0.3) is 0 Å². The number of aryl methyl sites for hydroxylation is 2. The van der Waals surface area contributed by atoms with E-state index >= 15 is 0 Å². The van der Waals surface area contributed by atoms with E-state index in [1.807, 2.05) is 0 Å². The number of nitrogens with zero attached hydrogens (tertiary/aromatic N) is 2. The Labute approximate surface area is 108 Å². The predicted octanol–water partition coefficient (Wildman–Crippen LogP) is 2.19. The second-order valence-electron chi connectivity index (χ2n) is 4.17. The summed E-state index contributed by atoms with van der Waals surface area (Å²) >= 11 is 0.